The van der Waals surface area contributed by atoms with E-state index >= 15 is 0 Å². The fraction of sp³-hybridized carbons (Fsp3) is 0.269. The molecule has 2 atom stereocenters. The largest absolute Gasteiger partial charge is 0.416 e. The molecule has 1 aliphatic carbocycles. The summed E-state index contributed by atoms with van der Waals surface area (Å²) in [7, 11) is 0. The summed E-state index contributed by atoms with van der Waals surface area (Å²) in [4.78, 5) is 2.03. The summed E-state index contributed by atoms with van der Waals surface area (Å²) in [6.45, 7) is 1.25. The first-order valence-corrected chi connectivity index (χ1v) is 10.6. The Bertz CT molecular complexity index is 1270. The molecule has 34 heavy (non-hydrogen) atoms. The number of allylic oxidation sites excluding steroid dienone is 2. The van der Waals surface area contributed by atoms with Gasteiger partial charge in [-0.3, -0.25) is 4.90 Å². The van der Waals surface area contributed by atoms with Crippen LogP contribution in [0, 0.1) is 45.3 Å². The van der Waals surface area contributed by atoms with Gasteiger partial charge >= 0.3 is 6.18 Å². The fourth-order valence-corrected chi connectivity index (χ4v) is 5.08. The number of alkyl halides is 3. The molecule has 4 rings (SSSR count). The second-order valence-corrected chi connectivity index (χ2v) is 8.44. The summed E-state index contributed by atoms with van der Waals surface area (Å²) >= 11 is 0. The molecule has 8 heteroatoms. The van der Waals surface area contributed by atoms with Gasteiger partial charge in [0.15, 0.2) is 5.41 Å². The van der Waals surface area contributed by atoms with Gasteiger partial charge in [0.25, 0.3) is 0 Å². The van der Waals surface area contributed by atoms with Crippen LogP contribution in [0.15, 0.2) is 77.5 Å². The average molecular weight is 459 g/mol. The Balaban J connectivity index is 1.92. The van der Waals surface area contributed by atoms with Crippen molar-refractivity contribution >= 4 is 0 Å². The van der Waals surface area contributed by atoms with Gasteiger partial charge in [-0.15, -0.1) is 0 Å². The van der Waals surface area contributed by atoms with Gasteiger partial charge in [-0.1, -0.05) is 54.6 Å². The first-order valence-electron chi connectivity index (χ1n) is 10.6. The Morgan fingerprint density at radius 3 is 2.26 bits per heavy atom. The number of hydrogen-bond donors (Lipinski definition) is 1. The Morgan fingerprint density at radius 1 is 1.00 bits per heavy atom. The van der Waals surface area contributed by atoms with Crippen molar-refractivity contribution in [3.8, 4) is 18.2 Å². The van der Waals surface area contributed by atoms with E-state index in [0.717, 1.165) is 11.6 Å². The number of fused-ring (bicyclic) bond motifs is 1. The zero-order valence-corrected chi connectivity index (χ0v) is 18.0. The predicted octanol–water partition coefficient (Wildman–Crippen LogP) is 4.63. The summed E-state index contributed by atoms with van der Waals surface area (Å²) in [6.07, 6.45) is -2.91. The van der Waals surface area contributed by atoms with Crippen LogP contribution in [0.4, 0.5) is 13.2 Å². The zero-order valence-electron chi connectivity index (χ0n) is 18.0. The molecule has 2 aromatic carbocycles. The van der Waals surface area contributed by atoms with Crippen molar-refractivity contribution in [3.63, 3.8) is 0 Å². The summed E-state index contributed by atoms with van der Waals surface area (Å²) < 4.78 is 42.0. The molecule has 1 heterocycles. The van der Waals surface area contributed by atoms with Gasteiger partial charge in [0, 0.05) is 31.5 Å². The standard InChI is InChI=1S/C26H20F3N5/c27-26(28,29)22-9-5-4-8-19(22)23-21-14-34(13-17-6-2-1-3-7-17)11-10-18(21)20(12-30)24(33)25(23,15-31)16-32/h1-10,21,23H,11,13-14,33H2/t21-,23+/m1/s1. The minimum Gasteiger partial charge on any atom is -0.399 e. The van der Waals surface area contributed by atoms with Crippen LogP contribution in [-0.2, 0) is 12.7 Å². The SMILES string of the molecule is N#CC1=C(N)C(C#N)(C#N)[C@@H](c2ccccc2C(F)(F)F)[C@@H]2CN(Cc3ccccc3)CC=C12. The molecule has 5 nitrogen and oxygen atoms in total. The van der Waals surface area contributed by atoms with Crippen molar-refractivity contribution in [2.75, 3.05) is 13.1 Å². The molecule has 0 radical (unpaired) electrons. The molecule has 2 aliphatic rings. The molecule has 0 fully saturated rings. The van der Waals surface area contributed by atoms with Crippen LogP contribution in [-0.4, -0.2) is 18.0 Å². The van der Waals surface area contributed by atoms with Crippen LogP contribution in [0.25, 0.3) is 0 Å². The van der Waals surface area contributed by atoms with Crippen LogP contribution in [0.2, 0.25) is 0 Å². The van der Waals surface area contributed by atoms with E-state index in [1.165, 1.54) is 18.2 Å². The number of nitrogens with two attached hydrogens (primary N) is 1. The van der Waals surface area contributed by atoms with Gasteiger partial charge in [0.2, 0.25) is 0 Å². The number of nitrogens with zero attached hydrogens (tertiary/aromatic N) is 4. The highest BCUT2D eigenvalue weighted by molar-refractivity contribution is 5.60. The average Bonchev–Trinajstić information content (AvgIpc) is 2.84. The number of rotatable bonds is 3. The fourth-order valence-electron chi connectivity index (χ4n) is 5.08. The van der Waals surface area contributed by atoms with E-state index in [9.17, 15) is 29.0 Å². The molecule has 0 spiro atoms. The molecular formula is C26H20F3N5. The predicted molar refractivity (Wildman–Crippen MR) is 118 cm³/mol. The molecule has 0 bridgehead atoms. The van der Waals surface area contributed by atoms with Gasteiger partial charge in [-0.05, 0) is 22.8 Å². The highest BCUT2D eigenvalue weighted by Gasteiger charge is 2.56. The molecule has 1 aliphatic heterocycles. The number of halogens is 3. The lowest BCUT2D eigenvalue weighted by Gasteiger charge is -2.46. The molecular weight excluding hydrogens is 439 g/mol. The van der Waals surface area contributed by atoms with Crippen molar-refractivity contribution in [1.82, 2.24) is 4.90 Å². The minimum atomic E-state index is -4.69. The van der Waals surface area contributed by atoms with Gasteiger partial charge < -0.3 is 5.73 Å². The molecule has 0 saturated heterocycles. The molecule has 2 aromatic rings. The minimum absolute atomic E-state index is 0.00759. The Morgan fingerprint density at radius 2 is 1.65 bits per heavy atom. The summed E-state index contributed by atoms with van der Waals surface area (Å²) in [5.41, 5.74) is 4.24. The number of benzene rings is 2. The van der Waals surface area contributed by atoms with Gasteiger partial charge in [-0.25, -0.2) is 0 Å². The molecule has 0 amide bonds. The van der Waals surface area contributed by atoms with Crippen molar-refractivity contribution in [1.29, 1.82) is 15.8 Å². The van der Waals surface area contributed by atoms with Gasteiger partial charge in [0.05, 0.1) is 29.0 Å². The van der Waals surface area contributed by atoms with Crippen molar-refractivity contribution in [2.24, 2.45) is 17.1 Å². The third-order valence-electron chi connectivity index (χ3n) is 6.59. The van der Waals surface area contributed by atoms with Crippen molar-refractivity contribution in [2.45, 2.75) is 18.6 Å². The van der Waals surface area contributed by atoms with E-state index in [4.69, 9.17) is 5.73 Å². The first-order chi connectivity index (χ1) is 16.3. The maximum atomic E-state index is 14.0. The van der Waals surface area contributed by atoms with Crippen LogP contribution in [0.1, 0.15) is 22.6 Å². The lowest BCUT2D eigenvalue weighted by molar-refractivity contribution is -0.138. The topological polar surface area (TPSA) is 101 Å². The van der Waals surface area contributed by atoms with Gasteiger partial charge in [0.1, 0.15) is 6.07 Å². The van der Waals surface area contributed by atoms with E-state index in [0.29, 0.717) is 18.7 Å². The summed E-state index contributed by atoms with van der Waals surface area (Å²) in [5, 5.41) is 30.1. The van der Waals surface area contributed by atoms with Crippen LogP contribution in [0.3, 0.4) is 0 Å². The Labute approximate surface area is 195 Å². The van der Waals surface area contributed by atoms with Crippen LogP contribution in [0.5, 0.6) is 0 Å². The Kier molecular flexibility index (Phi) is 5.92. The third-order valence-corrected chi connectivity index (χ3v) is 6.59. The molecule has 170 valence electrons. The lowest BCUT2D eigenvalue weighted by Crippen LogP contribution is -2.48. The van der Waals surface area contributed by atoms with E-state index in [2.05, 4.69) is 0 Å². The van der Waals surface area contributed by atoms with E-state index in [1.807, 2.05) is 53.4 Å². The van der Waals surface area contributed by atoms with E-state index in [-0.39, 0.29) is 23.4 Å². The number of nitriles is 3. The number of hydrogen-bond acceptors (Lipinski definition) is 5. The second-order valence-electron chi connectivity index (χ2n) is 8.44. The quantitative estimate of drug-likeness (QED) is 0.721. The second kappa shape index (κ2) is 8.71. The maximum Gasteiger partial charge on any atom is 0.416 e. The van der Waals surface area contributed by atoms with Crippen LogP contribution < -0.4 is 5.73 Å². The molecule has 0 unspecified atom stereocenters. The monoisotopic (exact) mass is 459 g/mol. The summed E-state index contributed by atoms with van der Waals surface area (Å²) in [5.74, 6) is -1.91. The van der Waals surface area contributed by atoms with E-state index < -0.39 is 29.0 Å². The highest BCUT2D eigenvalue weighted by Crippen LogP contribution is 2.55. The van der Waals surface area contributed by atoms with Gasteiger partial charge in [-0.2, -0.15) is 29.0 Å². The Hall–Kier alpha value is -4.06. The molecule has 0 aromatic heterocycles. The third kappa shape index (κ3) is 3.71. The van der Waals surface area contributed by atoms with Crippen molar-refractivity contribution < 1.29 is 13.2 Å². The smallest absolute Gasteiger partial charge is 0.399 e. The highest BCUT2D eigenvalue weighted by atomic mass is 19.4. The summed E-state index contributed by atoms with van der Waals surface area (Å²) in [6, 6.07) is 20.4. The maximum absolute atomic E-state index is 14.0. The van der Waals surface area contributed by atoms with Crippen molar-refractivity contribution in [3.05, 3.63) is 94.2 Å². The zero-order chi connectivity index (χ0) is 24.5. The van der Waals surface area contributed by atoms with Crippen LogP contribution >= 0.6 is 0 Å². The molecule has 0 saturated carbocycles. The molecule has 2 N–H and O–H groups in total. The van der Waals surface area contributed by atoms with E-state index in [1.54, 1.807) is 6.08 Å². The lowest BCUT2D eigenvalue weighted by atomic mass is 9.57. The first kappa shape index (κ1) is 23.1. The normalized spacial score (nSPS) is 22.1.